The minimum absolute atomic E-state index is 0.0316. The first-order valence-electron chi connectivity index (χ1n) is 20.5. The third kappa shape index (κ3) is 15.4. The van der Waals surface area contributed by atoms with Gasteiger partial charge < -0.3 is 60.5 Å². The highest BCUT2D eigenvalue weighted by atomic mass is 31.2. The zero-order valence-corrected chi connectivity index (χ0v) is 39.6. The Bertz CT molecular complexity index is 1130. The Hall–Kier alpha value is 0.380. The van der Waals surface area contributed by atoms with Gasteiger partial charge in [0.25, 0.3) is 0 Å². The number of aliphatic hydroxyl groups is 1. The van der Waals surface area contributed by atoms with Crippen molar-refractivity contribution in [2.24, 2.45) is 23.2 Å². The van der Waals surface area contributed by atoms with Crippen molar-refractivity contribution in [2.75, 3.05) is 6.61 Å². The maximum Gasteiger partial charge on any atom is 0.324 e. The molecule has 0 spiro atoms. The van der Waals surface area contributed by atoms with Crippen LogP contribution in [0.4, 0.5) is 0 Å². The Morgan fingerprint density at radius 3 is 0.964 bits per heavy atom. The van der Waals surface area contributed by atoms with Gasteiger partial charge in [-0.25, -0.2) is 0 Å². The number of nitrogens with one attached hydrogen (secondary N) is 4. The van der Waals surface area contributed by atoms with Crippen molar-refractivity contribution < 1.29 is 39.2 Å². The first kappa shape index (κ1) is 51.5. The van der Waals surface area contributed by atoms with Gasteiger partial charge in [-0.15, -0.1) is 0 Å². The van der Waals surface area contributed by atoms with Crippen LogP contribution < -0.4 is 21.3 Å². The molecule has 1 atom stereocenters. The Morgan fingerprint density at radius 2 is 0.709 bits per heavy atom. The van der Waals surface area contributed by atoms with Crippen molar-refractivity contribution >= 4 is 17.2 Å². The lowest BCUT2D eigenvalue weighted by atomic mass is 9.50. The number of hydrogen-bond acceptors (Lipinski definition) is 12. The van der Waals surface area contributed by atoms with Crippen LogP contribution >= 0.6 is 17.2 Å². The first-order valence-corrected chi connectivity index (χ1v) is 22.9. The van der Waals surface area contributed by atoms with E-state index in [2.05, 4.69) is 139 Å². The van der Waals surface area contributed by atoms with Crippen LogP contribution in [0.1, 0.15) is 175 Å². The summed E-state index contributed by atoms with van der Waals surface area (Å²) < 4.78 is 8.23. The van der Waals surface area contributed by atoms with E-state index in [1.54, 1.807) is 0 Å². The van der Waals surface area contributed by atoms with Gasteiger partial charge in [-0.3, -0.25) is 0 Å². The highest BCUT2D eigenvalue weighted by Crippen LogP contribution is 2.60. The van der Waals surface area contributed by atoms with E-state index >= 15 is 0 Å². The van der Waals surface area contributed by atoms with Crippen molar-refractivity contribution in [1.29, 1.82) is 0 Å². The molecule has 12 nitrogen and oxygen atoms in total. The summed E-state index contributed by atoms with van der Waals surface area (Å²) in [4.78, 5) is 43.4. The van der Waals surface area contributed by atoms with E-state index < -0.39 is 28.2 Å². The van der Waals surface area contributed by atoms with Gasteiger partial charge in [0.15, 0.2) is 0 Å². The molecule has 1 unspecified atom stereocenters. The molecule has 0 aromatic rings. The van der Waals surface area contributed by atoms with Crippen molar-refractivity contribution in [2.45, 2.75) is 232 Å². The third-order valence-corrected chi connectivity index (χ3v) is 12.4. The van der Waals surface area contributed by atoms with Crippen LogP contribution in [0.3, 0.4) is 0 Å². The van der Waals surface area contributed by atoms with E-state index in [-0.39, 0.29) is 57.0 Å². The molecule has 0 aliphatic carbocycles. The Labute approximate surface area is 338 Å². The van der Waals surface area contributed by atoms with Gasteiger partial charge in [-0.05, 0) is 186 Å². The molecule has 0 aromatic heterocycles. The first-order chi connectivity index (χ1) is 24.3. The SMILES string of the molecule is CC1(C)CC(CC(C)(CO)C(OC2CC(C)(C)NC(C)(C)C2)(C2CC(C)(C)NC(C)(C)C2)C2CC(C)(C)NC(C)(C)C2)CC(C)(C)N1.OP(O)O.OP(O)O. The van der Waals surface area contributed by atoms with Crippen LogP contribution in [0.5, 0.6) is 0 Å². The van der Waals surface area contributed by atoms with E-state index in [0.29, 0.717) is 17.8 Å². The second kappa shape index (κ2) is 17.8. The molecule has 4 heterocycles. The van der Waals surface area contributed by atoms with Gasteiger partial charge in [-0.1, -0.05) is 6.92 Å². The number of aliphatic hydroxyl groups excluding tert-OH is 1. The molecule has 0 radical (unpaired) electrons. The molecule has 55 heavy (non-hydrogen) atoms. The van der Waals surface area contributed by atoms with Crippen LogP contribution in [0.15, 0.2) is 0 Å². The minimum atomic E-state index is -2.62. The predicted octanol–water partition coefficient (Wildman–Crippen LogP) is 6.49. The van der Waals surface area contributed by atoms with Gasteiger partial charge in [0.2, 0.25) is 0 Å². The summed E-state index contributed by atoms with van der Waals surface area (Å²) >= 11 is 0. The Kier molecular flexibility index (Phi) is 16.6. The molecule has 0 bridgehead atoms. The lowest BCUT2D eigenvalue weighted by Crippen LogP contribution is -2.72. The Balaban J connectivity index is 0.00000119. The standard InChI is InChI=1S/C41H80N4O2.2H3O3P/c1-32(2)18-28(19-33(3,4)42-32)20-40(17,27-46)41(29-21-34(5,6)43-35(7,8)22-29,30-23-36(9,10)44-37(11,12)24-30)47-31-25-38(13,14)45-39(15,16)26-31;2*1-4(2)3/h28-31,42-46H,18-27H2,1-17H3;2*1-3H. The van der Waals surface area contributed by atoms with Crippen LogP contribution in [0, 0.1) is 23.2 Å². The average molecular weight is 825 g/mol. The second-order valence-electron chi connectivity index (χ2n) is 23.5. The molecule has 4 fully saturated rings. The molecule has 0 amide bonds. The van der Waals surface area contributed by atoms with Gasteiger partial charge in [0.05, 0.1) is 18.3 Å². The zero-order chi connectivity index (χ0) is 43.1. The minimum Gasteiger partial charge on any atom is -0.396 e. The number of ether oxygens (including phenoxy) is 1. The van der Waals surface area contributed by atoms with Crippen molar-refractivity contribution in [3.63, 3.8) is 0 Å². The Morgan fingerprint density at radius 1 is 0.473 bits per heavy atom. The molecular formula is C41H86N4O8P2. The number of piperidine rings is 4. The fourth-order valence-corrected chi connectivity index (χ4v) is 13.2. The monoisotopic (exact) mass is 825 g/mol. The van der Waals surface area contributed by atoms with E-state index in [1.807, 2.05) is 0 Å². The summed E-state index contributed by atoms with van der Waals surface area (Å²) in [5.74, 6) is 1.08. The summed E-state index contributed by atoms with van der Waals surface area (Å²) in [6, 6.07) is 0. The normalized spacial score (nSPS) is 28.7. The van der Waals surface area contributed by atoms with Crippen LogP contribution in [0.2, 0.25) is 0 Å². The smallest absolute Gasteiger partial charge is 0.324 e. The quantitative estimate of drug-likeness (QED) is 0.119. The molecule has 4 saturated heterocycles. The third-order valence-electron chi connectivity index (χ3n) is 12.4. The van der Waals surface area contributed by atoms with Crippen LogP contribution in [-0.4, -0.2) is 97.1 Å². The number of rotatable bonds is 8. The predicted molar refractivity (Wildman–Crippen MR) is 227 cm³/mol. The lowest BCUT2D eigenvalue weighted by molar-refractivity contribution is -0.270. The van der Waals surface area contributed by atoms with Gasteiger partial charge in [0, 0.05) is 49.7 Å². The second-order valence-corrected chi connectivity index (χ2v) is 24.5. The highest BCUT2D eigenvalue weighted by molar-refractivity contribution is 7.38. The summed E-state index contributed by atoms with van der Waals surface area (Å²) in [7, 11) is -5.24. The van der Waals surface area contributed by atoms with Crippen LogP contribution in [0.25, 0.3) is 0 Å². The highest BCUT2D eigenvalue weighted by Gasteiger charge is 2.64. The molecule has 0 saturated carbocycles. The van der Waals surface area contributed by atoms with E-state index in [0.717, 1.165) is 57.8 Å². The fourth-order valence-electron chi connectivity index (χ4n) is 13.2. The molecule has 4 aliphatic rings. The molecular weight excluding hydrogens is 738 g/mol. The molecule has 14 heteroatoms. The number of hydrogen-bond donors (Lipinski definition) is 11. The maximum atomic E-state index is 12.1. The zero-order valence-electron chi connectivity index (χ0n) is 37.8. The van der Waals surface area contributed by atoms with Crippen molar-refractivity contribution in [3.8, 4) is 0 Å². The van der Waals surface area contributed by atoms with Gasteiger partial charge >= 0.3 is 17.2 Å². The summed E-state index contributed by atoms with van der Waals surface area (Å²) in [5.41, 5.74) is -1.07. The van der Waals surface area contributed by atoms with E-state index in [4.69, 9.17) is 34.1 Å². The molecule has 0 aromatic carbocycles. The van der Waals surface area contributed by atoms with E-state index in [1.165, 1.54) is 0 Å². The van der Waals surface area contributed by atoms with Crippen LogP contribution in [-0.2, 0) is 4.74 Å². The largest absolute Gasteiger partial charge is 0.396 e. The maximum absolute atomic E-state index is 12.1. The molecule has 4 rings (SSSR count). The summed E-state index contributed by atoms with van der Waals surface area (Å²) in [6.45, 7) is 40.7. The fraction of sp³-hybridized carbons (Fsp3) is 1.00. The van der Waals surface area contributed by atoms with Crippen molar-refractivity contribution in [3.05, 3.63) is 0 Å². The van der Waals surface area contributed by atoms with Gasteiger partial charge in [0.1, 0.15) is 0 Å². The van der Waals surface area contributed by atoms with Gasteiger partial charge in [-0.2, -0.15) is 0 Å². The summed E-state index contributed by atoms with van der Waals surface area (Å²) in [6.07, 6.45) is 9.42. The lowest BCUT2D eigenvalue weighted by Gasteiger charge is -2.65. The molecule has 4 aliphatic heterocycles. The summed E-state index contributed by atoms with van der Waals surface area (Å²) in [5, 5.41) is 28.0. The molecule has 11 N–H and O–H groups in total. The average Bonchev–Trinajstić information content (AvgIpc) is 2.83. The molecule has 328 valence electrons. The van der Waals surface area contributed by atoms with E-state index in [9.17, 15) is 5.11 Å². The topological polar surface area (TPSA) is 199 Å². The van der Waals surface area contributed by atoms with Crippen molar-refractivity contribution in [1.82, 2.24) is 21.3 Å².